The number of H-pyrrole nitrogens is 2. The number of amides is 1. The molecule has 0 saturated carbocycles. The van der Waals surface area contributed by atoms with Crippen LogP contribution < -0.4 is 5.32 Å². The molecule has 0 bridgehead atoms. The molecule has 1 amide bonds. The molecule has 1 aliphatic heterocycles. The van der Waals surface area contributed by atoms with Gasteiger partial charge in [0.1, 0.15) is 5.82 Å². The second-order valence-electron chi connectivity index (χ2n) is 4.94. The van der Waals surface area contributed by atoms with E-state index < -0.39 is 0 Å². The Labute approximate surface area is 116 Å². The summed E-state index contributed by atoms with van der Waals surface area (Å²) in [5, 5.41) is 9.68. The summed E-state index contributed by atoms with van der Waals surface area (Å²) in [6.45, 7) is 1.75. The third-order valence-electron chi connectivity index (χ3n) is 3.75. The van der Waals surface area contributed by atoms with Gasteiger partial charge in [0.05, 0.1) is 30.0 Å². The number of hydrogen-bond acceptors (Lipinski definition) is 4. The third kappa shape index (κ3) is 2.32. The number of imidazole rings is 1. The molecule has 1 aliphatic rings. The molecule has 3 heterocycles. The highest BCUT2D eigenvalue weighted by molar-refractivity contribution is 5.95. The Hall–Kier alpha value is -2.15. The van der Waals surface area contributed by atoms with E-state index in [9.17, 15) is 4.79 Å². The zero-order valence-corrected chi connectivity index (χ0v) is 11.4. The van der Waals surface area contributed by atoms with E-state index >= 15 is 0 Å². The van der Waals surface area contributed by atoms with Crippen LogP contribution in [0.5, 0.6) is 0 Å². The Kier molecular flexibility index (Phi) is 3.51. The second-order valence-corrected chi connectivity index (χ2v) is 4.94. The first-order valence-corrected chi connectivity index (χ1v) is 6.77. The highest BCUT2D eigenvalue weighted by Gasteiger charge is 2.30. The smallest absolute Gasteiger partial charge is 0.254 e. The molecule has 3 rings (SSSR count). The highest BCUT2D eigenvalue weighted by Crippen LogP contribution is 2.33. The zero-order chi connectivity index (χ0) is 13.9. The van der Waals surface area contributed by atoms with Gasteiger partial charge in [-0.05, 0) is 19.4 Å². The van der Waals surface area contributed by atoms with Crippen molar-refractivity contribution in [3.63, 3.8) is 0 Å². The molecule has 1 unspecified atom stereocenters. The maximum absolute atomic E-state index is 11.9. The third-order valence-corrected chi connectivity index (χ3v) is 3.75. The molecule has 1 atom stereocenters. The van der Waals surface area contributed by atoms with Gasteiger partial charge in [-0.15, -0.1) is 0 Å². The minimum absolute atomic E-state index is 0.0985. The number of carbonyl (C=O) groups excluding carboxylic acids is 1. The maximum Gasteiger partial charge on any atom is 0.254 e. The van der Waals surface area contributed by atoms with Crippen LogP contribution >= 0.6 is 0 Å². The molecular weight excluding hydrogens is 256 g/mol. The van der Waals surface area contributed by atoms with Crippen molar-refractivity contribution in [3.8, 4) is 0 Å². The summed E-state index contributed by atoms with van der Waals surface area (Å²) < 4.78 is 0. The quantitative estimate of drug-likeness (QED) is 0.770. The second kappa shape index (κ2) is 5.46. The van der Waals surface area contributed by atoms with Gasteiger partial charge in [0.25, 0.3) is 5.91 Å². The van der Waals surface area contributed by atoms with E-state index in [1.165, 1.54) is 0 Å². The van der Waals surface area contributed by atoms with E-state index in [2.05, 4.69) is 30.4 Å². The maximum atomic E-state index is 11.9. The summed E-state index contributed by atoms with van der Waals surface area (Å²) in [4.78, 5) is 21.6. The lowest BCUT2D eigenvalue weighted by molar-refractivity contribution is 0.0960. The van der Waals surface area contributed by atoms with Crippen molar-refractivity contribution in [2.24, 2.45) is 0 Å². The van der Waals surface area contributed by atoms with Crippen LogP contribution in [0.1, 0.15) is 40.8 Å². The van der Waals surface area contributed by atoms with E-state index in [0.29, 0.717) is 5.56 Å². The topological polar surface area (TPSA) is 89.7 Å². The van der Waals surface area contributed by atoms with E-state index in [1.807, 2.05) is 6.20 Å². The first kappa shape index (κ1) is 12.9. The van der Waals surface area contributed by atoms with E-state index in [1.54, 1.807) is 19.4 Å². The van der Waals surface area contributed by atoms with Gasteiger partial charge >= 0.3 is 0 Å². The predicted molar refractivity (Wildman–Crippen MR) is 73.0 cm³/mol. The van der Waals surface area contributed by atoms with Crippen molar-refractivity contribution in [2.75, 3.05) is 13.6 Å². The number of aromatic amines is 2. The van der Waals surface area contributed by atoms with E-state index in [0.717, 1.165) is 37.4 Å². The Morgan fingerprint density at radius 1 is 1.60 bits per heavy atom. The number of likely N-dealkylation sites (tertiary alicyclic amines) is 1. The number of nitrogens with one attached hydrogen (secondary N) is 3. The fraction of sp³-hybridized carbons (Fsp3) is 0.462. The normalized spacial score (nSPS) is 19.4. The van der Waals surface area contributed by atoms with Crippen molar-refractivity contribution in [1.29, 1.82) is 0 Å². The van der Waals surface area contributed by atoms with Crippen molar-refractivity contribution < 1.29 is 4.79 Å². The molecule has 7 heteroatoms. The van der Waals surface area contributed by atoms with Crippen molar-refractivity contribution in [3.05, 3.63) is 35.7 Å². The van der Waals surface area contributed by atoms with Crippen LogP contribution in [-0.4, -0.2) is 44.6 Å². The van der Waals surface area contributed by atoms with Crippen LogP contribution in [0.25, 0.3) is 0 Å². The molecule has 2 aromatic rings. The summed E-state index contributed by atoms with van der Waals surface area (Å²) in [6.07, 6.45) is 7.31. The number of aromatic nitrogens is 4. The summed E-state index contributed by atoms with van der Waals surface area (Å²) in [5.74, 6) is 0.844. The lowest BCUT2D eigenvalue weighted by Crippen LogP contribution is -2.26. The van der Waals surface area contributed by atoms with Gasteiger partial charge in [0, 0.05) is 19.4 Å². The first-order valence-electron chi connectivity index (χ1n) is 6.77. The molecule has 3 N–H and O–H groups in total. The minimum Gasteiger partial charge on any atom is -0.355 e. The van der Waals surface area contributed by atoms with Gasteiger partial charge in [0.2, 0.25) is 0 Å². The van der Waals surface area contributed by atoms with Crippen LogP contribution in [0.3, 0.4) is 0 Å². The standard InChI is InChI=1S/C13H18N6O/c1-14-13(20)9-7-17-18-12(9)10-3-2-6-19(10)8-11-15-4-5-16-11/h4-5,7,10H,2-3,6,8H2,1H3,(H,14,20)(H,15,16)(H,17,18). The van der Waals surface area contributed by atoms with Crippen molar-refractivity contribution >= 4 is 5.91 Å². The van der Waals surface area contributed by atoms with Crippen molar-refractivity contribution in [2.45, 2.75) is 25.4 Å². The summed E-state index contributed by atoms with van der Waals surface area (Å²) in [6, 6.07) is 0.190. The molecule has 0 aromatic carbocycles. The van der Waals surface area contributed by atoms with E-state index in [4.69, 9.17) is 0 Å². The van der Waals surface area contributed by atoms with Gasteiger partial charge in [0.15, 0.2) is 0 Å². The van der Waals surface area contributed by atoms with E-state index in [-0.39, 0.29) is 11.9 Å². The van der Waals surface area contributed by atoms with Crippen molar-refractivity contribution in [1.82, 2.24) is 30.4 Å². The van der Waals surface area contributed by atoms with Gasteiger partial charge in [-0.2, -0.15) is 5.10 Å². The van der Waals surface area contributed by atoms with Crippen LogP contribution in [0.4, 0.5) is 0 Å². The largest absolute Gasteiger partial charge is 0.355 e. The van der Waals surface area contributed by atoms with Crippen LogP contribution in [0.15, 0.2) is 18.6 Å². The predicted octanol–water partition coefficient (Wildman–Crippen LogP) is 0.829. The zero-order valence-electron chi connectivity index (χ0n) is 11.4. The number of carbonyl (C=O) groups is 1. The molecule has 106 valence electrons. The Balaban J connectivity index is 1.82. The van der Waals surface area contributed by atoms with Gasteiger partial charge in [-0.1, -0.05) is 0 Å². The van der Waals surface area contributed by atoms with Gasteiger partial charge in [-0.3, -0.25) is 14.8 Å². The average molecular weight is 274 g/mol. The molecule has 2 aromatic heterocycles. The Morgan fingerprint density at radius 2 is 2.50 bits per heavy atom. The molecule has 20 heavy (non-hydrogen) atoms. The first-order chi connectivity index (χ1) is 9.79. The molecule has 1 fully saturated rings. The molecule has 0 aliphatic carbocycles. The highest BCUT2D eigenvalue weighted by atomic mass is 16.1. The SMILES string of the molecule is CNC(=O)c1cn[nH]c1C1CCCN1Cc1ncc[nH]1. The molecule has 0 spiro atoms. The van der Waals surface area contributed by atoms with Crippen LogP contribution in [-0.2, 0) is 6.54 Å². The summed E-state index contributed by atoms with van der Waals surface area (Å²) >= 11 is 0. The fourth-order valence-electron chi connectivity index (χ4n) is 2.78. The molecule has 7 nitrogen and oxygen atoms in total. The lowest BCUT2D eigenvalue weighted by atomic mass is 10.1. The minimum atomic E-state index is -0.0985. The Morgan fingerprint density at radius 3 is 3.25 bits per heavy atom. The van der Waals surface area contributed by atoms with Gasteiger partial charge in [-0.25, -0.2) is 4.98 Å². The lowest BCUT2D eigenvalue weighted by Gasteiger charge is -2.23. The summed E-state index contributed by atoms with van der Waals surface area (Å²) in [5.41, 5.74) is 1.53. The average Bonchev–Trinajstić information content (AvgIpc) is 3.18. The fourth-order valence-corrected chi connectivity index (χ4v) is 2.78. The number of rotatable bonds is 4. The van der Waals surface area contributed by atoms with Gasteiger partial charge < -0.3 is 10.3 Å². The van der Waals surface area contributed by atoms with Crippen LogP contribution in [0.2, 0.25) is 0 Å². The number of nitrogens with zero attached hydrogens (tertiary/aromatic N) is 3. The monoisotopic (exact) mass is 274 g/mol. The molecule has 0 radical (unpaired) electrons. The molecule has 1 saturated heterocycles. The van der Waals surface area contributed by atoms with Crippen LogP contribution in [0, 0.1) is 0 Å². The Bertz CT molecular complexity index is 575. The number of hydrogen-bond donors (Lipinski definition) is 3. The molecular formula is C13H18N6O. The summed E-state index contributed by atoms with van der Waals surface area (Å²) in [7, 11) is 1.63.